The van der Waals surface area contributed by atoms with Gasteiger partial charge in [-0.25, -0.2) is 4.79 Å². The highest BCUT2D eigenvalue weighted by Crippen LogP contribution is 2.39. The average molecular weight is 491 g/mol. The SMILES string of the molecule is CN(C(=O)OC(C)(C)C)C1C=C(c2ccccc2Cl)c2cc(Cl)ccc2N(CC(=O)O)C1=O. The minimum atomic E-state index is -1.20. The molecule has 0 saturated heterocycles. The highest BCUT2D eigenvalue weighted by molar-refractivity contribution is 6.33. The smallest absolute Gasteiger partial charge is 0.410 e. The van der Waals surface area contributed by atoms with Gasteiger partial charge in [0.05, 0.1) is 5.69 Å². The van der Waals surface area contributed by atoms with Gasteiger partial charge in [-0.05, 0) is 56.7 Å². The van der Waals surface area contributed by atoms with E-state index in [-0.39, 0.29) is 0 Å². The molecule has 9 heteroatoms. The molecule has 0 bridgehead atoms. The van der Waals surface area contributed by atoms with Crippen LogP contribution in [-0.2, 0) is 14.3 Å². The number of likely N-dealkylation sites (N-methyl/N-ethyl adjacent to an activating group) is 1. The molecule has 1 aliphatic heterocycles. The number of amides is 2. The van der Waals surface area contributed by atoms with Crippen molar-refractivity contribution < 1.29 is 24.2 Å². The monoisotopic (exact) mass is 490 g/mol. The molecule has 2 amide bonds. The minimum Gasteiger partial charge on any atom is -0.480 e. The van der Waals surface area contributed by atoms with Gasteiger partial charge < -0.3 is 9.84 Å². The maximum Gasteiger partial charge on any atom is 0.410 e. The van der Waals surface area contributed by atoms with Crippen LogP contribution < -0.4 is 4.90 Å². The van der Waals surface area contributed by atoms with Crippen LogP contribution in [0.2, 0.25) is 10.0 Å². The van der Waals surface area contributed by atoms with Gasteiger partial charge >= 0.3 is 12.1 Å². The van der Waals surface area contributed by atoms with Gasteiger partial charge in [0, 0.05) is 28.2 Å². The molecule has 0 aliphatic carbocycles. The summed E-state index contributed by atoms with van der Waals surface area (Å²) in [6.07, 6.45) is 0.861. The zero-order chi connectivity index (χ0) is 24.5. The van der Waals surface area contributed by atoms with E-state index in [0.717, 1.165) is 9.80 Å². The van der Waals surface area contributed by atoms with Crippen molar-refractivity contribution in [2.75, 3.05) is 18.5 Å². The average Bonchev–Trinajstić information content (AvgIpc) is 2.82. The number of carbonyl (C=O) groups excluding carboxylic acids is 2. The van der Waals surface area contributed by atoms with Crippen LogP contribution in [0.3, 0.4) is 0 Å². The number of fused-ring (bicyclic) bond motifs is 1. The number of benzene rings is 2. The predicted octanol–water partition coefficient (Wildman–Crippen LogP) is 5.09. The van der Waals surface area contributed by atoms with Gasteiger partial charge in [0.1, 0.15) is 18.2 Å². The standard InChI is InChI=1S/C24H24Cl2N2O5/c1-24(2,3)33-23(32)27(4)20-12-16(15-7-5-6-8-18(15)26)17-11-14(25)9-10-19(17)28(22(20)31)13-21(29)30/h5-12,20H,13H2,1-4H3,(H,29,30). The number of hydrogen-bond acceptors (Lipinski definition) is 4. The third-order valence-electron chi connectivity index (χ3n) is 4.94. The largest absolute Gasteiger partial charge is 0.480 e. The Morgan fingerprint density at radius 2 is 1.79 bits per heavy atom. The number of anilines is 1. The predicted molar refractivity (Wildman–Crippen MR) is 128 cm³/mol. The van der Waals surface area contributed by atoms with Gasteiger partial charge in [0.2, 0.25) is 0 Å². The van der Waals surface area contributed by atoms with Gasteiger partial charge in [0.25, 0.3) is 5.91 Å². The molecular formula is C24H24Cl2N2O5. The van der Waals surface area contributed by atoms with E-state index >= 15 is 0 Å². The minimum absolute atomic E-state index is 0.345. The van der Waals surface area contributed by atoms with Crippen molar-refractivity contribution in [3.8, 4) is 0 Å². The Morgan fingerprint density at radius 3 is 2.39 bits per heavy atom. The van der Waals surface area contributed by atoms with Crippen molar-refractivity contribution in [3.63, 3.8) is 0 Å². The molecule has 2 aromatic rings. The summed E-state index contributed by atoms with van der Waals surface area (Å²) in [6, 6.07) is 10.7. The van der Waals surface area contributed by atoms with Gasteiger partial charge in [0.15, 0.2) is 0 Å². The molecule has 1 heterocycles. The van der Waals surface area contributed by atoms with Crippen LogP contribution in [-0.4, -0.2) is 53.2 Å². The Hall–Kier alpha value is -3.03. The Labute approximate surface area is 202 Å². The van der Waals surface area contributed by atoms with E-state index in [0.29, 0.717) is 32.4 Å². The normalized spacial score (nSPS) is 15.9. The molecule has 1 N–H and O–H groups in total. The molecule has 2 aromatic carbocycles. The number of nitrogens with zero attached hydrogens (tertiary/aromatic N) is 2. The summed E-state index contributed by atoms with van der Waals surface area (Å²) in [4.78, 5) is 40.3. The summed E-state index contributed by atoms with van der Waals surface area (Å²) >= 11 is 12.7. The van der Waals surface area contributed by atoms with Crippen LogP contribution in [0.25, 0.3) is 5.57 Å². The first-order valence-electron chi connectivity index (χ1n) is 10.1. The lowest BCUT2D eigenvalue weighted by Crippen LogP contribution is -2.50. The lowest BCUT2D eigenvalue weighted by Gasteiger charge is -2.31. The van der Waals surface area contributed by atoms with Crippen molar-refractivity contribution in [3.05, 3.63) is 69.7 Å². The zero-order valence-corrected chi connectivity index (χ0v) is 20.1. The summed E-state index contributed by atoms with van der Waals surface area (Å²) in [5.41, 5.74) is 1.23. The van der Waals surface area contributed by atoms with E-state index in [1.54, 1.807) is 69.3 Å². The molecule has 33 heavy (non-hydrogen) atoms. The summed E-state index contributed by atoms with van der Waals surface area (Å²) in [6.45, 7) is 4.55. The van der Waals surface area contributed by atoms with Crippen LogP contribution in [0.4, 0.5) is 10.5 Å². The summed E-state index contributed by atoms with van der Waals surface area (Å²) in [5.74, 6) is -1.81. The molecule has 0 spiro atoms. The first kappa shape index (κ1) is 24.6. The van der Waals surface area contributed by atoms with E-state index in [4.69, 9.17) is 27.9 Å². The number of hydrogen-bond donors (Lipinski definition) is 1. The molecule has 3 rings (SSSR count). The lowest BCUT2D eigenvalue weighted by molar-refractivity contribution is -0.137. The molecule has 7 nitrogen and oxygen atoms in total. The van der Waals surface area contributed by atoms with Crippen LogP contribution in [0.1, 0.15) is 31.9 Å². The maximum atomic E-state index is 13.6. The first-order valence-corrected chi connectivity index (χ1v) is 10.9. The molecule has 174 valence electrons. The van der Waals surface area contributed by atoms with Gasteiger partial charge in [-0.15, -0.1) is 0 Å². The van der Waals surface area contributed by atoms with Crippen molar-refractivity contribution in [1.82, 2.24) is 4.90 Å². The number of rotatable bonds is 4. The van der Waals surface area contributed by atoms with E-state index in [2.05, 4.69) is 0 Å². The quantitative estimate of drug-likeness (QED) is 0.644. The van der Waals surface area contributed by atoms with Crippen molar-refractivity contribution >= 4 is 52.4 Å². The van der Waals surface area contributed by atoms with Gasteiger partial charge in [-0.2, -0.15) is 0 Å². The molecule has 0 radical (unpaired) electrons. The first-order chi connectivity index (χ1) is 15.4. The van der Waals surface area contributed by atoms with Crippen LogP contribution >= 0.6 is 23.2 Å². The topological polar surface area (TPSA) is 87.2 Å². The van der Waals surface area contributed by atoms with Gasteiger partial charge in [-0.1, -0.05) is 41.4 Å². The van der Waals surface area contributed by atoms with Crippen molar-refractivity contribution in [2.45, 2.75) is 32.4 Å². The number of carboxylic acids is 1. The number of halogens is 2. The Kier molecular flexibility index (Phi) is 7.05. The summed E-state index contributed by atoms with van der Waals surface area (Å²) in [5, 5.41) is 10.3. The van der Waals surface area contributed by atoms with Crippen LogP contribution in [0.5, 0.6) is 0 Å². The molecule has 1 aliphatic rings. The second-order valence-corrected chi connectivity index (χ2v) is 9.42. The fraction of sp³-hybridized carbons (Fsp3) is 0.292. The molecule has 1 atom stereocenters. The Morgan fingerprint density at radius 1 is 1.12 bits per heavy atom. The summed E-state index contributed by atoms with van der Waals surface area (Å²) < 4.78 is 5.44. The summed E-state index contributed by atoms with van der Waals surface area (Å²) in [7, 11) is 1.43. The second kappa shape index (κ2) is 9.45. The van der Waals surface area contributed by atoms with E-state index in [1.165, 1.54) is 7.05 Å². The lowest BCUT2D eigenvalue weighted by atomic mass is 9.95. The number of ether oxygens (including phenoxy) is 1. The van der Waals surface area contributed by atoms with E-state index in [9.17, 15) is 19.5 Å². The number of aliphatic carboxylic acids is 1. The van der Waals surface area contributed by atoms with Crippen molar-refractivity contribution in [1.29, 1.82) is 0 Å². The van der Waals surface area contributed by atoms with Crippen LogP contribution in [0.15, 0.2) is 48.5 Å². The fourth-order valence-electron chi connectivity index (χ4n) is 3.49. The molecular weight excluding hydrogens is 467 g/mol. The molecule has 0 saturated carbocycles. The van der Waals surface area contributed by atoms with E-state index in [1.807, 2.05) is 0 Å². The Balaban J connectivity index is 2.25. The van der Waals surface area contributed by atoms with Crippen molar-refractivity contribution in [2.24, 2.45) is 0 Å². The highest BCUT2D eigenvalue weighted by Gasteiger charge is 2.37. The molecule has 0 fully saturated rings. The van der Waals surface area contributed by atoms with Gasteiger partial charge in [-0.3, -0.25) is 19.4 Å². The third kappa shape index (κ3) is 5.49. The highest BCUT2D eigenvalue weighted by atomic mass is 35.5. The van der Waals surface area contributed by atoms with E-state index < -0.39 is 36.2 Å². The van der Waals surface area contributed by atoms with Crippen LogP contribution in [0, 0.1) is 0 Å². The third-order valence-corrected chi connectivity index (χ3v) is 5.50. The fourth-order valence-corrected chi connectivity index (χ4v) is 3.90. The second-order valence-electron chi connectivity index (χ2n) is 8.58. The number of carbonyl (C=O) groups is 3. The molecule has 0 aromatic heterocycles. The Bertz CT molecular complexity index is 1140. The molecule has 1 unspecified atom stereocenters. The number of carboxylic acid groups (broad SMARTS) is 1. The maximum absolute atomic E-state index is 13.6. The zero-order valence-electron chi connectivity index (χ0n) is 18.6.